The molecule has 2 N–H and O–H groups in total. The first-order chi connectivity index (χ1) is 11.6. The first kappa shape index (κ1) is 16.1. The number of thiophene rings is 1. The minimum Gasteiger partial charge on any atom is -0.352 e. The fraction of sp³-hybridized carbons (Fsp3) is 0.176. The third kappa shape index (κ3) is 3.75. The molecule has 3 rings (SSSR count). The van der Waals surface area contributed by atoms with Crippen LogP contribution < -0.4 is 10.9 Å². The summed E-state index contributed by atoms with van der Waals surface area (Å²) < 4.78 is 0. The molecular formula is C17H16N4O2S. The molecule has 0 unspecified atom stereocenters. The normalized spacial score (nSPS) is 10.5. The SMILES string of the molecule is Cc1nc(-c2ccccn2)[nH]c(=O)c1CC(=O)NCc1ccsc1. The van der Waals surface area contributed by atoms with Gasteiger partial charge in [0.25, 0.3) is 5.56 Å². The number of hydrogen-bond acceptors (Lipinski definition) is 5. The molecule has 0 radical (unpaired) electrons. The highest BCUT2D eigenvalue weighted by Gasteiger charge is 2.13. The number of hydrogen-bond donors (Lipinski definition) is 2. The van der Waals surface area contributed by atoms with E-state index in [-0.39, 0.29) is 17.9 Å². The molecule has 0 aliphatic rings. The highest BCUT2D eigenvalue weighted by atomic mass is 32.1. The molecule has 6 nitrogen and oxygen atoms in total. The molecule has 7 heteroatoms. The number of aromatic amines is 1. The maximum atomic E-state index is 12.3. The molecule has 0 bridgehead atoms. The lowest BCUT2D eigenvalue weighted by Crippen LogP contribution is -2.28. The van der Waals surface area contributed by atoms with Crippen molar-refractivity contribution < 1.29 is 4.79 Å². The van der Waals surface area contributed by atoms with Crippen LogP contribution in [0.3, 0.4) is 0 Å². The first-order valence-electron chi connectivity index (χ1n) is 7.42. The summed E-state index contributed by atoms with van der Waals surface area (Å²) in [6, 6.07) is 7.33. The maximum Gasteiger partial charge on any atom is 0.255 e. The van der Waals surface area contributed by atoms with Gasteiger partial charge in [-0.2, -0.15) is 11.3 Å². The largest absolute Gasteiger partial charge is 0.352 e. The molecule has 0 aliphatic carbocycles. The Hall–Kier alpha value is -2.80. The molecular weight excluding hydrogens is 324 g/mol. The van der Waals surface area contributed by atoms with Crippen molar-refractivity contribution >= 4 is 17.2 Å². The Morgan fingerprint density at radius 3 is 2.88 bits per heavy atom. The van der Waals surface area contributed by atoms with Gasteiger partial charge in [0.2, 0.25) is 5.91 Å². The Kier molecular flexibility index (Phi) is 4.81. The zero-order valence-electron chi connectivity index (χ0n) is 13.1. The fourth-order valence-corrected chi connectivity index (χ4v) is 2.93. The van der Waals surface area contributed by atoms with Crippen LogP contribution >= 0.6 is 11.3 Å². The van der Waals surface area contributed by atoms with Gasteiger partial charge in [0.15, 0.2) is 5.82 Å². The van der Waals surface area contributed by atoms with Gasteiger partial charge in [-0.05, 0) is 41.4 Å². The zero-order valence-corrected chi connectivity index (χ0v) is 13.9. The van der Waals surface area contributed by atoms with Crippen molar-refractivity contribution in [3.05, 3.63) is 68.4 Å². The molecule has 3 aromatic heterocycles. The zero-order chi connectivity index (χ0) is 16.9. The van der Waals surface area contributed by atoms with Crippen molar-refractivity contribution in [3.8, 4) is 11.5 Å². The number of nitrogens with one attached hydrogen (secondary N) is 2. The van der Waals surface area contributed by atoms with Crippen LogP contribution in [-0.4, -0.2) is 20.9 Å². The van der Waals surface area contributed by atoms with Crippen LogP contribution in [0.25, 0.3) is 11.5 Å². The minimum atomic E-state index is -0.311. The van der Waals surface area contributed by atoms with Crippen LogP contribution in [0.15, 0.2) is 46.0 Å². The van der Waals surface area contributed by atoms with Crippen molar-refractivity contribution in [1.29, 1.82) is 0 Å². The second kappa shape index (κ2) is 7.18. The molecule has 0 saturated heterocycles. The predicted octanol–water partition coefficient (Wildman–Crippen LogP) is 2.06. The molecule has 0 saturated carbocycles. The summed E-state index contributed by atoms with van der Waals surface area (Å²) in [7, 11) is 0. The molecule has 3 aromatic rings. The van der Waals surface area contributed by atoms with Gasteiger partial charge < -0.3 is 10.3 Å². The summed E-state index contributed by atoms with van der Waals surface area (Å²) in [5, 5.41) is 6.74. The summed E-state index contributed by atoms with van der Waals surface area (Å²) in [6.07, 6.45) is 1.64. The number of H-pyrrole nitrogens is 1. The van der Waals surface area contributed by atoms with Crippen LogP contribution in [0, 0.1) is 6.92 Å². The van der Waals surface area contributed by atoms with Gasteiger partial charge in [0.1, 0.15) is 5.69 Å². The predicted molar refractivity (Wildman–Crippen MR) is 92.7 cm³/mol. The van der Waals surface area contributed by atoms with Gasteiger partial charge in [-0.1, -0.05) is 6.07 Å². The molecule has 1 amide bonds. The Labute approximate surface area is 142 Å². The third-order valence-corrected chi connectivity index (χ3v) is 4.27. The van der Waals surface area contributed by atoms with Gasteiger partial charge in [0, 0.05) is 24.0 Å². The summed E-state index contributed by atoms with van der Waals surface area (Å²) in [4.78, 5) is 35.6. The summed E-state index contributed by atoms with van der Waals surface area (Å²) in [5.74, 6) is 0.197. The average molecular weight is 340 g/mol. The van der Waals surface area contributed by atoms with Crippen LogP contribution in [0.2, 0.25) is 0 Å². The van der Waals surface area contributed by atoms with Crippen molar-refractivity contribution in [1.82, 2.24) is 20.3 Å². The molecule has 24 heavy (non-hydrogen) atoms. The highest BCUT2D eigenvalue weighted by molar-refractivity contribution is 7.07. The smallest absolute Gasteiger partial charge is 0.255 e. The molecule has 0 fully saturated rings. The Bertz CT molecular complexity index is 889. The van der Waals surface area contributed by atoms with Gasteiger partial charge in [0.05, 0.1) is 6.42 Å². The number of aromatic nitrogens is 3. The van der Waals surface area contributed by atoms with Crippen LogP contribution in [-0.2, 0) is 17.8 Å². The van der Waals surface area contributed by atoms with E-state index in [1.165, 1.54) is 0 Å². The van der Waals surface area contributed by atoms with E-state index in [4.69, 9.17) is 0 Å². The van der Waals surface area contributed by atoms with Gasteiger partial charge in [-0.25, -0.2) is 4.98 Å². The number of amides is 1. The Balaban J connectivity index is 1.74. The van der Waals surface area contributed by atoms with E-state index >= 15 is 0 Å². The third-order valence-electron chi connectivity index (χ3n) is 3.54. The van der Waals surface area contributed by atoms with Gasteiger partial charge >= 0.3 is 0 Å². The number of pyridine rings is 1. The van der Waals surface area contributed by atoms with Crippen molar-refractivity contribution in [2.45, 2.75) is 19.9 Å². The summed E-state index contributed by atoms with van der Waals surface area (Å²) in [6.45, 7) is 2.18. The maximum absolute atomic E-state index is 12.3. The van der Waals surface area contributed by atoms with Crippen molar-refractivity contribution in [2.75, 3.05) is 0 Å². The molecule has 0 aliphatic heterocycles. The second-order valence-electron chi connectivity index (χ2n) is 5.28. The molecule has 0 aromatic carbocycles. The van der Waals surface area contributed by atoms with Crippen molar-refractivity contribution in [2.24, 2.45) is 0 Å². The van der Waals surface area contributed by atoms with Crippen molar-refractivity contribution in [3.63, 3.8) is 0 Å². The number of rotatable bonds is 5. The van der Waals surface area contributed by atoms with E-state index in [0.717, 1.165) is 5.56 Å². The molecule has 122 valence electrons. The van der Waals surface area contributed by atoms with Gasteiger partial charge in [-0.15, -0.1) is 0 Å². The summed E-state index contributed by atoms with van der Waals surface area (Å²) >= 11 is 1.58. The number of carbonyl (C=O) groups is 1. The lowest BCUT2D eigenvalue weighted by atomic mass is 10.1. The molecule has 0 atom stereocenters. The standard InChI is InChI=1S/C17H16N4O2S/c1-11-13(8-15(22)19-9-12-5-7-24-10-12)17(23)21-16(20-11)14-4-2-3-6-18-14/h2-7,10H,8-9H2,1H3,(H,19,22)(H,20,21,23). The lowest BCUT2D eigenvalue weighted by molar-refractivity contribution is -0.120. The minimum absolute atomic E-state index is 0.000796. The van der Waals surface area contributed by atoms with E-state index in [1.54, 1.807) is 36.6 Å². The van der Waals surface area contributed by atoms with Gasteiger partial charge in [-0.3, -0.25) is 14.6 Å². The topological polar surface area (TPSA) is 87.7 Å². The van der Waals surface area contributed by atoms with Crippen LogP contribution in [0.5, 0.6) is 0 Å². The number of aryl methyl sites for hydroxylation is 1. The average Bonchev–Trinajstić information content (AvgIpc) is 3.10. The number of carbonyl (C=O) groups excluding carboxylic acids is 1. The quantitative estimate of drug-likeness (QED) is 0.744. The van der Waals surface area contributed by atoms with E-state index < -0.39 is 0 Å². The van der Waals surface area contributed by atoms with E-state index in [1.807, 2.05) is 22.9 Å². The van der Waals surface area contributed by atoms with E-state index in [2.05, 4.69) is 20.3 Å². The molecule has 0 spiro atoms. The monoisotopic (exact) mass is 340 g/mol. The number of nitrogens with zero attached hydrogens (tertiary/aromatic N) is 2. The fourth-order valence-electron chi connectivity index (χ4n) is 2.26. The Morgan fingerprint density at radius 2 is 2.21 bits per heavy atom. The van der Waals surface area contributed by atoms with E-state index in [0.29, 0.717) is 29.3 Å². The Morgan fingerprint density at radius 1 is 1.33 bits per heavy atom. The second-order valence-corrected chi connectivity index (χ2v) is 6.06. The summed E-state index contributed by atoms with van der Waals surface area (Å²) in [5.41, 5.74) is 2.23. The first-order valence-corrected chi connectivity index (χ1v) is 8.37. The van der Waals surface area contributed by atoms with E-state index in [9.17, 15) is 9.59 Å². The molecule has 3 heterocycles. The highest BCUT2D eigenvalue weighted by Crippen LogP contribution is 2.11. The lowest BCUT2D eigenvalue weighted by Gasteiger charge is -2.07. The van der Waals surface area contributed by atoms with Crippen LogP contribution in [0.1, 0.15) is 16.8 Å². The van der Waals surface area contributed by atoms with Crippen LogP contribution in [0.4, 0.5) is 0 Å².